The molecule has 6 rings (SSSR count). The summed E-state index contributed by atoms with van der Waals surface area (Å²) in [6, 6.07) is 0. The molecule has 1 N–H and O–H groups in total. The van der Waals surface area contributed by atoms with Gasteiger partial charge >= 0.3 is 0 Å². The fraction of sp³-hybridized carbons (Fsp3) is 0.700. The number of nitrogens with zero attached hydrogens (tertiary/aromatic N) is 4. The van der Waals surface area contributed by atoms with Crippen molar-refractivity contribution in [2.45, 2.75) is 69.5 Å². The summed E-state index contributed by atoms with van der Waals surface area (Å²) in [6.45, 7) is 3.97. The number of carbonyl (C=O) groups is 1. The van der Waals surface area contributed by atoms with Gasteiger partial charge in [-0.1, -0.05) is 11.8 Å². The lowest BCUT2D eigenvalue weighted by molar-refractivity contribution is -0.126. The third-order valence-electron chi connectivity index (χ3n) is 6.99. The molecule has 2 aromatic heterocycles. The number of hydrogen-bond donors (Lipinski definition) is 1. The molecule has 0 aliphatic heterocycles. The summed E-state index contributed by atoms with van der Waals surface area (Å²) >= 11 is 1.50. The molecule has 4 saturated carbocycles. The lowest BCUT2D eigenvalue weighted by Crippen LogP contribution is -2.60. The van der Waals surface area contributed by atoms with Crippen molar-refractivity contribution in [2.75, 3.05) is 6.26 Å². The standard InChI is InChI=1S/C20H27N5OS/c1-11-16(12(2)25-18(21-11)22-19(24-25)27-3)7-17(26)23-20-8-13-4-14(9-20)6-15(5-13)10-20/h13-15H,4-10H2,1-3H3,(H,23,26). The van der Waals surface area contributed by atoms with E-state index in [1.165, 1.54) is 50.3 Å². The van der Waals surface area contributed by atoms with Gasteiger partial charge in [-0.15, -0.1) is 5.10 Å². The summed E-state index contributed by atoms with van der Waals surface area (Å²) in [6.07, 6.45) is 10.0. The molecule has 6 nitrogen and oxygen atoms in total. The molecule has 0 saturated heterocycles. The first-order chi connectivity index (χ1) is 12.9. The third kappa shape index (κ3) is 2.94. The molecule has 0 unspecified atom stereocenters. The first kappa shape index (κ1) is 17.5. The minimum atomic E-state index is 0.0600. The number of aryl methyl sites for hydroxylation is 2. The molecule has 2 aromatic rings. The lowest BCUT2D eigenvalue weighted by Gasteiger charge is -2.56. The van der Waals surface area contributed by atoms with Crippen LogP contribution in [-0.4, -0.2) is 37.3 Å². The van der Waals surface area contributed by atoms with E-state index in [1.54, 1.807) is 4.52 Å². The number of nitrogens with one attached hydrogen (secondary N) is 1. The molecule has 1 amide bonds. The van der Waals surface area contributed by atoms with Crippen LogP contribution in [0.2, 0.25) is 0 Å². The smallest absolute Gasteiger partial charge is 0.253 e. The second kappa shape index (κ2) is 6.19. The Morgan fingerprint density at radius 1 is 1.15 bits per heavy atom. The number of aromatic nitrogens is 4. The van der Waals surface area contributed by atoms with Gasteiger partial charge in [-0.3, -0.25) is 4.79 Å². The van der Waals surface area contributed by atoms with Crippen LogP contribution in [-0.2, 0) is 11.2 Å². The number of amides is 1. The van der Waals surface area contributed by atoms with Gasteiger partial charge in [-0.2, -0.15) is 4.98 Å². The molecule has 144 valence electrons. The maximum atomic E-state index is 13.0. The van der Waals surface area contributed by atoms with Crippen molar-refractivity contribution >= 4 is 23.4 Å². The first-order valence-corrected chi connectivity index (χ1v) is 11.2. The number of hydrogen-bond acceptors (Lipinski definition) is 5. The zero-order chi connectivity index (χ0) is 18.8. The fourth-order valence-electron chi connectivity index (χ4n) is 6.30. The number of rotatable bonds is 4. The summed E-state index contributed by atoms with van der Waals surface area (Å²) in [4.78, 5) is 22.0. The Bertz CT molecular complexity index is 885. The Morgan fingerprint density at radius 3 is 2.37 bits per heavy atom. The Kier molecular flexibility index (Phi) is 4.00. The van der Waals surface area contributed by atoms with Gasteiger partial charge in [0.2, 0.25) is 11.1 Å². The second-order valence-corrected chi connectivity index (χ2v) is 9.77. The first-order valence-electron chi connectivity index (χ1n) is 10.0. The Morgan fingerprint density at radius 2 is 1.78 bits per heavy atom. The van der Waals surface area contributed by atoms with Crippen LogP contribution >= 0.6 is 11.8 Å². The Hall–Kier alpha value is -1.63. The van der Waals surface area contributed by atoms with Gasteiger partial charge in [0, 0.05) is 22.5 Å². The number of fused-ring (bicyclic) bond motifs is 1. The maximum absolute atomic E-state index is 13.0. The maximum Gasteiger partial charge on any atom is 0.253 e. The normalized spacial score (nSPS) is 31.6. The molecule has 4 aliphatic carbocycles. The van der Waals surface area contributed by atoms with Crippen LogP contribution in [0.25, 0.3) is 5.78 Å². The predicted octanol–water partition coefficient (Wildman–Crippen LogP) is 3.09. The van der Waals surface area contributed by atoms with E-state index in [-0.39, 0.29) is 11.4 Å². The highest BCUT2D eigenvalue weighted by Crippen LogP contribution is 2.55. The van der Waals surface area contributed by atoms with Crippen LogP contribution in [0.4, 0.5) is 0 Å². The van der Waals surface area contributed by atoms with E-state index in [9.17, 15) is 4.79 Å². The molecular weight excluding hydrogens is 358 g/mol. The largest absolute Gasteiger partial charge is 0.350 e. The Balaban J connectivity index is 1.38. The quantitative estimate of drug-likeness (QED) is 0.819. The summed E-state index contributed by atoms with van der Waals surface area (Å²) in [5, 5.41) is 8.68. The van der Waals surface area contributed by atoms with Crippen molar-refractivity contribution < 1.29 is 4.79 Å². The molecule has 0 aromatic carbocycles. The topological polar surface area (TPSA) is 72.2 Å². The minimum Gasteiger partial charge on any atom is -0.350 e. The van der Waals surface area contributed by atoms with Crippen molar-refractivity contribution in [3.63, 3.8) is 0 Å². The second-order valence-electron chi connectivity index (χ2n) is 8.99. The highest BCUT2D eigenvalue weighted by Gasteiger charge is 2.51. The fourth-order valence-corrected chi connectivity index (χ4v) is 6.63. The van der Waals surface area contributed by atoms with Gasteiger partial charge in [0.25, 0.3) is 5.78 Å². The van der Waals surface area contributed by atoms with E-state index in [1.807, 2.05) is 20.1 Å². The SMILES string of the molecule is CSc1nc2nc(C)c(CC(=O)NC34CC5CC(CC(C5)C3)C4)c(C)n2n1. The van der Waals surface area contributed by atoms with Crippen LogP contribution in [0.3, 0.4) is 0 Å². The highest BCUT2D eigenvalue weighted by molar-refractivity contribution is 7.98. The van der Waals surface area contributed by atoms with Crippen molar-refractivity contribution in [1.82, 2.24) is 24.9 Å². The van der Waals surface area contributed by atoms with Gasteiger partial charge in [0.05, 0.1) is 6.42 Å². The van der Waals surface area contributed by atoms with Gasteiger partial charge in [-0.25, -0.2) is 9.50 Å². The Labute approximate surface area is 163 Å². The minimum absolute atomic E-state index is 0.0600. The molecule has 4 fully saturated rings. The van der Waals surface area contributed by atoms with Crippen molar-refractivity contribution in [1.29, 1.82) is 0 Å². The molecule has 27 heavy (non-hydrogen) atoms. The highest BCUT2D eigenvalue weighted by atomic mass is 32.2. The van der Waals surface area contributed by atoms with Crippen LogP contribution in [0.1, 0.15) is 55.5 Å². The van der Waals surface area contributed by atoms with Crippen LogP contribution in [0, 0.1) is 31.6 Å². The van der Waals surface area contributed by atoms with Crippen molar-refractivity contribution in [3.8, 4) is 0 Å². The summed E-state index contributed by atoms with van der Waals surface area (Å²) in [5.41, 5.74) is 2.87. The van der Waals surface area contributed by atoms with E-state index in [0.717, 1.165) is 34.7 Å². The molecule has 2 heterocycles. The van der Waals surface area contributed by atoms with Crippen molar-refractivity contribution in [2.24, 2.45) is 17.8 Å². The molecule has 0 spiro atoms. The van der Waals surface area contributed by atoms with E-state index < -0.39 is 0 Å². The predicted molar refractivity (Wildman–Crippen MR) is 105 cm³/mol. The number of carbonyl (C=O) groups excluding carboxylic acids is 1. The molecule has 4 aliphatic rings. The lowest BCUT2D eigenvalue weighted by atomic mass is 9.53. The van der Waals surface area contributed by atoms with E-state index in [0.29, 0.717) is 17.4 Å². The van der Waals surface area contributed by atoms with E-state index in [4.69, 9.17) is 0 Å². The number of thioether (sulfide) groups is 1. The van der Waals surface area contributed by atoms with E-state index >= 15 is 0 Å². The average Bonchev–Trinajstić information content (AvgIpc) is 3.00. The molecule has 0 atom stereocenters. The van der Waals surface area contributed by atoms with Gasteiger partial charge < -0.3 is 5.32 Å². The average molecular weight is 386 g/mol. The summed E-state index contributed by atoms with van der Waals surface area (Å²) < 4.78 is 1.77. The van der Waals surface area contributed by atoms with Crippen LogP contribution < -0.4 is 5.32 Å². The van der Waals surface area contributed by atoms with E-state index in [2.05, 4.69) is 20.4 Å². The van der Waals surface area contributed by atoms with Crippen LogP contribution in [0.5, 0.6) is 0 Å². The van der Waals surface area contributed by atoms with Gasteiger partial charge in [0.15, 0.2) is 0 Å². The summed E-state index contributed by atoms with van der Waals surface area (Å²) in [7, 11) is 0. The molecule has 4 bridgehead atoms. The zero-order valence-corrected chi connectivity index (χ0v) is 17.1. The zero-order valence-electron chi connectivity index (χ0n) is 16.3. The van der Waals surface area contributed by atoms with Crippen LogP contribution in [0.15, 0.2) is 5.16 Å². The van der Waals surface area contributed by atoms with Crippen molar-refractivity contribution in [3.05, 3.63) is 17.0 Å². The monoisotopic (exact) mass is 385 g/mol. The summed E-state index contributed by atoms with van der Waals surface area (Å²) in [5.74, 6) is 3.24. The molecule has 0 radical (unpaired) electrons. The third-order valence-corrected chi connectivity index (χ3v) is 7.53. The van der Waals surface area contributed by atoms with Gasteiger partial charge in [-0.05, 0) is 76.4 Å². The molecular formula is C20H27N5OS. The molecule has 7 heteroatoms. The van der Waals surface area contributed by atoms with Gasteiger partial charge in [0.1, 0.15) is 0 Å².